The second-order valence-corrected chi connectivity index (χ2v) is 5.19. The maximum absolute atomic E-state index is 4.35. The first-order valence-corrected chi connectivity index (χ1v) is 6.68. The van der Waals surface area contributed by atoms with Crippen LogP contribution in [0, 0.1) is 0 Å². The SMILES string of the molecule is CCCn1ncnc1C=C1CC2CCC(C1)N2. The molecule has 92 valence electrons. The Morgan fingerprint density at radius 2 is 2.18 bits per heavy atom. The van der Waals surface area contributed by atoms with Gasteiger partial charge in [-0.15, -0.1) is 0 Å². The van der Waals surface area contributed by atoms with Crippen molar-refractivity contribution in [2.45, 2.75) is 57.7 Å². The maximum Gasteiger partial charge on any atom is 0.150 e. The highest BCUT2D eigenvalue weighted by Gasteiger charge is 2.30. The number of hydrogen-bond donors (Lipinski definition) is 1. The number of nitrogens with zero attached hydrogens (tertiary/aromatic N) is 3. The molecule has 0 aliphatic carbocycles. The van der Waals surface area contributed by atoms with Crippen LogP contribution in [0.25, 0.3) is 6.08 Å². The first-order chi connectivity index (χ1) is 8.35. The van der Waals surface area contributed by atoms with Crippen LogP contribution in [0.1, 0.15) is 44.9 Å². The van der Waals surface area contributed by atoms with Gasteiger partial charge < -0.3 is 5.32 Å². The van der Waals surface area contributed by atoms with E-state index in [1.165, 1.54) is 25.7 Å². The molecule has 2 aliphatic heterocycles. The number of rotatable bonds is 3. The molecular formula is C13H20N4. The Balaban J connectivity index is 1.78. The largest absolute Gasteiger partial charge is 0.311 e. The molecule has 2 bridgehead atoms. The summed E-state index contributed by atoms with van der Waals surface area (Å²) in [5, 5.41) is 7.93. The van der Waals surface area contributed by atoms with E-state index in [0.29, 0.717) is 12.1 Å². The summed E-state index contributed by atoms with van der Waals surface area (Å²) >= 11 is 0. The van der Waals surface area contributed by atoms with Gasteiger partial charge in [-0.3, -0.25) is 0 Å². The first kappa shape index (κ1) is 11.0. The lowest BCUT2D eigenvalue weighted by atomic mass is 9.98. The van der Waals surface area contributed by atoms with Crippen molar-refractivity contribution in [3.05, 3.63) is 17.7 Å². The van der Waals surface area contributed by atoms with Crippen LogP contribution >= 0.6 is 0 Å². The lowest BCUT2D eigenvalue weighted by Crippen LogP contribution is -2.34. The van der Waals surface area contributed by atoms with Crippen LogP contribution in [0.15, 0.2) is 11.9 Å². The van der Waals surface area contributed by atoms with Gasteiger partial charge in [-0.2, -0.15) is 5.10 Å². The Hall–Kier alpha value is -1.16. The van der Waals surface area contributed by atoms with E-state index in [9.17, 15) is 0 Å². The third kappa shape index (κ3) is 2.27. The van der Waals surface area contributed by atoms with Crippen molar-refractivity contribution in [2.75, 3.05) is 0 Å². The molecule has 0 aromatic carbocycles. The van der Waals surface area contributed by atoms with Gasteiger partial charge in [0.1, 0.15) is 6.33 Å². The van der Waals surface area contributed by atoms with E-state index < -0.39 is 0 Å². The van der Waals surface area contributed by atoms with Crippen molar-refractivity contribution in [1.82, 2.24) is 20.1 Å². The Morgan fingerprint density at radius 1 is 1.41 bits per heavy atom. The second kappa shape index (κ2) is 4.61. The van der Waals surface area contributed by atoms with Crippen LogP contribution in [0.3, 0.4) is 0 Å². The second-order valence-electron chi connectivity index (χ2n) is 5.19. The molecule has 1 aromatic heterocycles. The molecular weight excluding hydrogens is 212 g/mol. The Kier molecular flexibility index (Phi) is 2.97. The van der Waals surface area contributed by atoms with Crippen LogP contribution < -0.4 is 5.32 Å². The summed E-state index contributed by atoms with van der Waals surface area (Å²) in [5.74, 6) is 1.03. The fraction of sp³-hybridized carbons (Fsp3) is 0.692. The van der Waals surface area contributed by atoms with Crippen molar-refractivity contribution in [1.29, 1.82) is 0 Å². The third-order valence-corrected chi connectivity index (χ3v) is 3.77. The summed E-state index contributed by atoms with van der Waals surface area (Å²) in [6.45, 7) is 3.13. The quantitative estimate of drug-likeness (QED) is 0.866. The monoisotopic (exact) mass is 232 g/mol. The standard InChI is InChI=1S/C13H20N4/c1-2-5-17-13(14-9-15-17)8-10-6-11-3-4-12(7-10)16-11/h8-9,11-12,16H,2-7H2,1H3. The zero-order valence-electron chi connectivity index (χ0n) is 10.4. The van der Waals surface area contributed by atoms with Crippen LogP contribution in [0.5, 0.6) is 0 Å². The topological polar surface area (TPSA) is 42.7 Å². The lowest BCUT2D eigenvalue weighted by molar-refractivity contribution is 0.476. The number of aryl methyl sites for hydroxylation is 1. The highest BCUT2D eigenvalue weighted by atomic mass is 15.3. The normalized spacial score (nSPS) is 27.5. The number of aromatic nitrogens is 3. The predicted molar refractivity (Wildman–Crippen MR) is 67.5 cm³/mol. The van der Waals surface area contributed by atoms with E-state index in [1.807, 2.05) is 4.68 Å². The predicted octanol–water partition coefficient (Wildman–Crippen LogP) is 1.99. The molecule has 1 aromatic rings. The minimum atomic E-state index is 0.711. The molecule has 0 radical (unpaired) electrons. The Bertz CT molecular complexity index is 407. The summed E-state index contributed by atoms with van der Waals surface area (Å²) in [7, 11) is 0. The van der Waals surface area contributed by atoms with E-state index >= 15 is 0 Å². The van der Waals surface area contributed by atoms with E-state index in [2.05, 4.69) is 28.4 Å². The van der Waals surface area contributed by atoms with Crippen LogP contribution in [-0.2, 0) is 6.54 Å². The van der Waals surface area contributed by atoms with Crippen LogP contribution in [0.4, 0.5) is 0 Å². The molecule has 0 amide bonds. The molecule has 3 rings (SSSR count). The molecule has 1 N–H and O–H groups in total. The van der Waals surface area contributed by atoms with Gasteiger partial charge in [-0.25, -0.2) is 9.67 Å². The van der Waals surface area contributed by atoms with Gasteiger partial charge in [0.15, 0.2) is 5.82 Å². The molecule has 2 fully saturated rings. The molecule has 0 spiro atoms. The number of nitrogens with one attached hydrogen (secondary N) is 1. The fourth-order valence-electron chi connectivity index (χ4n) is 3.01. The number of fused-ring (bicyclic) bond motifs is 2. The van der Waals surface area contributed by atoms with Gasteiger partial charge in [-0.1, -0.05) is 12.5 Å². The minimum absolute atomic E-state index is 0.711. The van der Waals surface area contributed by atoms with E-state index in [1.54, 1.807) is 11.9 Å². The van der Waals surface area contributed by atoms with Gasteiger partial charge in [0.05, 0.1) is 0 Å². The van der Waals surface area contributed by atoms with Crippen molar-refractivity contribution < 1.29 is 0 Å². The van der Waals surface area contributed by atoms with Crippen molar-refractivity contribution in [2.24, 2.45) is 0 Å². The summed E-state index contributed by atoms with van der Waals surface area (Å²) in [6.07, 6.45) is 10.1. The molecule has 0 saturated carbocycles. The summed E-state index contributed by atoms with van der Waals surface area (Å²) in [4.78, 5) is 4.35. The molecule has 3 heterocycles. The van der Waals surface area contributed by atoms with Gasteiger partial charge >= 0.3 is 0 Å². The van der Waals surface area contributed by atoms with Gasteiger partial charge in [-0.05, 0) is 38.2 Å². The molecule has 2 atom stereocenters. The van der Waals surface area contributed by atoms with Gasteiger partial charge in [0, 0.05) is 18.6 Å². The zero-order valence-corrected chi connectivity index (χ0v) is 10.4. The lowest BCUT2D eigenvalue weighted by Gasteiger charge is -2.23. The van der Waals surface area contributed by atoms with E-state index in [-0.39, 0.29) is 0 Å². The highest BCUT2D eigenvalue weighted by molar-refractivity contribution is 5.46. The average molecular weight is 232 g/mol. The highest BCUT2D eigenvalue weighted by Crippen LogP contribution is 2.31. The zero-order chi connectivity index (χ0) is 11.7. The minimum Gasteiger partial charge on any atom is -0.311 e. The van der Waals surface area contributed by atoms with Gasteiger partial charge in [0.2, 0.25) is 0 Å². The summed E-state index contributed by atoms with van der Waals surface area (Å²) in [5.41, 5.74) is 1.54. The maximum atomic E-state index is 4.35. The number of hydrogen-bond acceptors (Lipinski definition) is 3. The van der Waals surface area contributed by atoms with Crippen molar-refractivity contribution >= 4 is 6.08 Å². The smallest absolute Gasteiger partial charge is 0.150 e. The molecule has 4 nitrogen and oxygen atoms in total. The molecule has 17 heavy (non-hydrogen) atoms. The summed E-state index contributed by atoms with van der Waals surface area (Å²) < 4.78 is 2.01. The van der Waals surface area contributed by atoms with Crippen molar-refractivity contribution in [3.63, 3.8) is 0 Å². The molecule has 2 unspecified atom stereocenters. The first-order valence-electron chi connectivity index (χ1n) is 6.68. The molecule has 2 aliphatic rings. The number of piperidine rings is 1. The van der Waals surface area contributed by atoms with Gasteiger partial charge in [0.25, 0.3) is 0 Å². The molecule has 2 saturated heterocycles. The van der Waals surface area contributed by atoms with Crippen LogP contribution in [-0.4, -0.2) is 26.8 Å². The van der Waals surface area contributed by atoms with E-state index in [4.69, 9.17) is 0 Å². The van der Waals surface area contributed by atoms with E-state index in [0.717, 1.165) is 18.8 Å². The molecule has 4 heteroatoms. The summed E-state index contributed by atoms with van der Waals surface area (Å²) in [6, 6.07) is 1.42. The Labute approximate surface area is 102 Å². The Morgan fingerprint density at radius 3 is 2.88 bits per heavy atom. The average Bonchev–Trinajstić information content (AvgIpc) is 2.87. The van der Waals surface area contributed by atoms with Crippen molar-refractivity contribution in [3.8, 4) is 0 Å². The fourth-order valence-corrected chi connectivity index (χ4v) is 3.01. The van der Waals surface area contributed by atoms with Crippen LogP contribution in [0.2, 0.25) is 0 Å². The third-order valence-electron chi connectivity index (χ3n) is 3.77.